The van der Waals surface area contributed by atoms with Gasteiger partial charge >= 0.3 is 5.97 Å². The van der Waals surface area contributed by atoms with Crippen molar-refractivity contribution in [3.63, 3.8) is 0 Å². The fourth-order valence-electron chi connectivity index (χ4n) is 10.0. The number of hydrogen-bond donors (Lipinski definition) is 4. The molecular formula is C51H66N8O8. The van der Waals surface area contributed by atoms with Gasteiger partial charge in [-0.1, -0.05) is 46.4 Å². The molecule has 67 heavy (non-hydrogen) atoms. The van der Waals surface area contributed by atoms with Crippen LogP contribution in [0.2, 0.25) is 0 Å². The number of carbonyl (C=O) groups excluding carboxylic acids is 5. The van der Waals surface area contributed by atoms with Crippen molar-refractivity contribution in [2.24, 2.45) is 11.3 Å². The number of fused-ring (bicyclic) bond motifs is 6. The van der Waals surface area contributed by atoms with Crippen molar-refractivity contribution in [1.82, 2.24) is 40.0 Å². The number of nitrogens with one attached hydrogen (secondary N) is 2. The zero-order chi connectivity index (χ0) is 48.5. The van der Waals surface area contributed by atoms with Crippen LogP contribution in [-0.4, -0.2) is 140 Å². The monoisotopic (exact) mass is 919 g/mol. The number of carbonyl (C=O) groups is 5. The van der Waals surface area contributed by atoms with Gasteiger partial charge in [0.15, 0.2) is 5.60 Å². The minimum Gasteiger partial charge on any atom is -0.508 e. The van der Waals surface area contributed by atoms with Gasteiger partial charge in [-0.2, -0.15) is 0 Å². The number of ether oxygens (including phenoxy) is 1. The average Bonchev–Trinajstić information content (AvgIpc) is 3.84. The third-order valence-electron chi connectivity index (χ3n) is 13.2. The molecule has 5 heterocycles. The van der Waals surface area contributed by atoms with Crippen LogP contribution in [0.5, 0.6) is 5.75 Å². The van der Waals surface area contributed by atoms with Gasteiger partial charge in [0.2, 0.25) is 11.8 Å². The van der Waals surface area contributed by atoms with E-state index in [0.29, 0.717) is 43.5 Å². The number of aliphatic hydroxyl groups is 1. The molecule has 16 heteroatoms. The van der Waals surface area contributed by atoms with Crippen LogP contribution in [0.3, 0.4) is 0 Å². The van der Waals surface area contributed by atoms with Crippen LogP contribution in [0, 0.1) is 11.3 Å². The molecule has 0 spiro atoms. The van der Waals surface area contributed by atoms with E-state index in [1.54, 1.807) is 26.0 Å². The second-order valence-electron chi connectivity index (χ2n) is 19.8. The van der Waals surface area contributed by atoms with Crippen LogP contribution in [0.25, 0.3) is 33.3 Å². The third kappa shape index (κ3) is 10.3. The van der Waals surface area contributed by atoms with E-state index < -0.39 is 64.7 Å². The normalized spacial score (nSPS) is 21.5. The number of benzene rings is 2. The van der Waals surface area contributed by atoms with E-state index in [1.807, 2.05) is 38.5 Å². The third-order valence-corrected chi connectivity index (χ3v) is 13.2. The molecule has 3 aliphatic rings. The van der Waals surface area contributed by atoms with E-state index in [9.17, 15) is 34.2 Å². The summed E-state index contributed by atoms with van der Waals surface area (Å²) in [7, 11) is 5.47. The second kappa shape index (κ2) is 19.6. The van der Waals surface area contributed by atoms with Gasteiger partial charge in [0.25, 0.3) is 11.8 Å². The minimum atomic E-state index is -1.93. The Bertz CT molecular complexity index is 2570. The van der Waals surface area contributed by atoms with Crippen molar-refractivity contribution in [2.75, 3.05) is 47.4 Å². The van der Waals surface area contributed by atoms with Gasteiger partial charge in [-0.15, -0.1) is 0 Å². The summed E-state index contributed by atoms with van der Waals surface area (Å²) in [5.74, 6) is -3.31. The number of phenolic OH excluding ortho intramolecular Hbond substituents is 1. The number of rotatable bonds is 10. The van der Waals surface area contributed by atoms with Crippen molar-refractivity contribution >= 4 is 40.5 Å². The summed E-state index contributed by atoms with van der Waals surface area (Å²) < 4.78 is 8.41. The van der Waals surface area contributed by atoms with Gasteiger partial charge in [0, 0.05) is 74.1 Å². The molecule has 7 rings (SSSR count). The fraction of sp³-hybridized carbons (Fsp3) is 0.490. The van der Waals surface area contributed by atoms with E-state index >= 15 is 0 Å². The molecule has 358 valence electrons. The fourth-order valence-corrected chi connectivity index (χ4v) is 10.0. The van der Waals surface area contributed by atoms with Gasteiger partial charge < -0.3 is 39.5 Å². The van der Waals surface area contributed by atoms with Crippen molar-refractivity contribution < 1.29 is 38.9 Å². The van der Waals surface area contributed by atoms with Gasteiger partial charge in [-0.05, 0) is 111 Å². The van der Waals surface area contributed by atoms with E-state index in [2.05, 4.69) is 65.8 Å². The Morgan fingerprint density at radius 3 is 2.54 bits per heavy atom. The van der Waals surface area contributed by atoms with Crippen LogP contribution >= 0.6 is 0 Å². The number of cyclic esters (lactones) is 1. The highest BCUT2D eigenvalue weighted by Gasteiger charge is 2.48. The lowest BCUT2D eigenvalue weighted by molar-refractivity contribution is -0.156. The summed E-state index contributed by atoms with van der Waals surface area (Å²) >= 11 is 0. The largest absolute Gasteiger partial charge is 0.508 e. The molecule has 2 fully saturated rings. The number of phenols is 1. The Kier molecular flexibility index (Phi) is 14.3. The van der Waals surface area contributed by atoms with E-state index in [1.165, 1.54) is 21.9 Å². The predicted octanol–water partition coefficient (Wildman–Crippen LogP) is 4.44. The molecule has 1 unspecified atom stereocenters. The van der Waals surface area contributed by atoms with Crippen LogP contribution in [0.15, 0.2) is 67.4 Å². The maximum atomic E-state index is 14.7. The molecule has 2 aromatic heterocycles. The number of amides is 4. The Morgan fingerprint density at radius 1 is 1.07 bits per heavy atom. The minimum absolute atomic E-state index is 0.0209. The predicted molar refractivity (Wildman–Crippen MR) is 255 cm³/mol. The van der Waals surface area contributed by atoms with E-state index in [-0.39, 0.29) is 44.8 Å². The number of aryl methyl sites for hydroxylation is 1. The molecule has 3 aliphatic heterocycles. The van der Waals surface area contributed by atoms with E-state index in [4.69, 9.17) is 9.72 Å². The number of β-amino-alcohol motifs (C(OH)–C–C–N with tert-alkyl or cyclic N) is 1. The Morgan fingerprint density at radius 2 is 1.84 bits per heavy atom. The highest BCUT2D eigenvalue weighted by Crippen LogP contribution is 2.41. The molecular weight excluding hydrogens is 853 g/mol. The van der Waals surface area contributed by atoms with Crippen molar-refractivity contribution in [3.05, 3.63) is 84.2 Å². The second-order valence-corrected chi connectivity index (χ2v) is 19.8. The zero-order valence-corrected chi connectivity index (χ0v) is 40.1. The quantitative estimate of drug-likeness (QED) is 0.130. The molecule has 0 saturated carbocycles. The van der Waals surface area contributed by atoms with Crippen LogP contribution in [0.4, 0.5) is 0 Å². The molecule has 0 aliphatic carbocycles. The van der Waals surface area contributed by atoms with Gasteiger partial charge in [-0.25, -0.2) is 5.43 Å². The van der Waals surface area contributed by atoms with Gasteiger partial charge in [0.1, 0.15) is 23.9 Å². The number of esters is 1. The summed E-state index contributed by atoms with van der Waals surface area (Å²) in [5, 5.41) is 28.1. The number of aromatic nitrogens is 2. The molecule has 2 saturated heterocycles. The lowest BCUT2D eigenvalue weighted by Crippen LogP contribution is -2.63. The lowest BCUT2D eigenvalue weighted by atomic mass is 9.84. The molecule has 16 nitrogen and oxygen atoms in total. The number of pyridine rings is 1. The maximum Gasteiger partial charge on any atom is 0.324 e. The first-order valence-electron chi connectivity index (χ1n) is 23.3. The number of nitrogens with zero attached hydrogens (tertiary/aromatic N) is 6. The topological polar surface area (TPSA) is 190 Å². The highest BCUT2D eigenvalue weighted by atomic mass is 16.5. The summed E-state index contributed by atoms with van der Waals surface area (Å²) in [6.45, 7) is 14.8. The number of hydrazine groups is 1. The first kappa shape index (κ1) is 48.8. The van der Waals surface area contributed by atoms with Crippen LogP contribution < -0.4 is 10.7 Å². The maximum absolute atomic E-state index is 14.7. The highest BCUT2D eigenvalue weighted by molar-refractivity contribution is 5.97. The molecule has 6 bridgehead atoms. The van der Waals surface area contributed by atoms with Crippen LogP contribution in [-0.2, 0) is 54.6 Å². The number of aromatic hydroxyl groups is 1. The molecule has 4 N–H and O–H groups in total. The molecule has 0 radical (unpaired) electrons. The number of likely N-dealkylation sites (N-methyl/N-ethyl adjacent to an activating group) is 1. The first-order valence-corrected chi connectivity index (χ1v) is 23.3. The van der Waals surface area contributed by atoms with Crippen molar-refractivity contribution in [1.29, 1.82) is 0 Å². The van der Waals surface area contributed by atoms with Gasteiger partial charge in [-0.3, -0.25) is 34.0 Å². The Balaban J connectivity index is 1.31. The summed E-state index contributed by atoms with van der Waals surface area (Å²) in [5.41, 5.74) is 7.79. The smallest absolute Gasteiger partial charge is 0.324 e. The molecule has 2 aromatic carbocycles. The van der Waals surface area contributed by atoms with E-state index in [0.717, 1.165) is 45.1 Å². The summed E-state index contributed by atoms with van der Waals surface area (Å²) in [4.78, 5) is 79.0. The number of hydrogen-bond acceptors (Lipinski definition) is 11. The molecule has 4 atom stereocenters. The average molecular weight is 919 g/mol. The molecule has 4 aromatic rings. The first-order chi connectivity index (χ1) is 31.7. The Hall–Kier alpha value is -6.10. The zero-order valence-electron chi connectivity index (χ0n) is 40.1. The Labute approximate surface area is 392 Å². The van der Waals surface area contributed by atoms with Gasteiger partial charge in [0.05, 0.1) is 24.5 Å². The van der Waals surface area contributed by atoms with Crippen LogP contribution in [0.1, 0.15) is 70.7 Å². The van der Waals surface area contributed by atoms with Crippen molar-refractivity contribution in [3.8, 4) is 28.1 Å². The number of likely N-dealkylation sites (tertiary alicyclic amines) is 1. The lowest BCUT2D eigenvalue weighted by Gasteiger charge is -2.37. The molecule has 4 amide bonds. The summed E-state index contributed by atoms with van der Waals surface area (Å²) in [6, 6.07) is 12.2. The van der Waals surface area contributed by atoms with Crippen molar-refractivity contribution in [2.45, 2.75) is 104 Å². The standard InChI is InChI=1S/C51H66N8O8/c1-10-43(61)57-21-18-51(66,29-57)49(65)56(9)44(31(3)4)46(62)53-40-24-32-22-34(25-35(60)23-32)33-16-17-42-37(26-33)38(45(58(42)11-2)36-14-12-19-52-41(36)28-55(7)8)27-50(5,6)30-67-48(64)39-15-13-20-59(54-39)47(40)63/h10,12,14,16-17,19,22-23,25-26,31,39-40,44,54,60,66H,1,11,13,15,18,20-21,24,27-30H2,2-9H3,(H,53,62)/t39-,40-,44-,51?/m0/s1. The summed E-state index contributed by atoms with van der Waals surface area (Å²) in [6.07, 6.45) is 4.31. The SMILES string of the molecule is C=CC(=O)N1CCC(O)(C(=O)N(C)[C@H](C(=O)N[C@H]2Cc3cc(O)cc(c3)-c3ccc4c(c3)c(c(-c3cccnc3CN(C)C)n4CC)CC(C)(C)COC(=O)[C@@H]3CCCN(N3)C2=O)C(C)C)C1.